The third-order valence-electron chi connectivity index (χ3n) is 4.61. The van der Waals surface area contributed by atoms with Crippen LogP contribution in [0, 0.1) is 5.82 Å². The van der Waals surface area contributed by atoms with Crippen LogP contribution < -0.4 is 10.1 Å². The number of para-hydroxylation sites is 1. The van der Waals surface area contributed by atoms with Gasteiger partial charge < -0.3 is 15.0 Å². The molecule has 1 N–H and O–H groups in total. The number of likely N-dealkylation sites (N-methyl/N-ethyl adjacent to an activating group) is 1. The molecule has 0 aliphatic rings. The lowest BCUT2D eigenvalue weighted by Crippen LogP contribution is -2.40. The van der Waals surface area contributed by atoms with Gasteiger partial charge in [-0.25, -0.2) is 4.39 Å². The molecular formula is C23H23FN2O3. The van der Waals surface area contributed by atoms with Crippen LogP contribution in [-0.2, 0) is 16.0 Å². The summed E-state index contributed by atoms with van der Waals surface area (Å²) >= 11 is 0. The fraction of sp³-hybridized carbons (Fsp3) is 0.217. The molecule has 0 saturated carbocycles. The van der Waals surface area contributed by atoms with Gasteiger partial charge in [-0.2, -0.15) is 0 Å². The third kappa shape index (κ3) is 5.54. The lowest BCUT2D eigenvalue weighted by molar-refractivity contribution is -0.131. The Labute approximate surface area is 169 Å². The molecule has 0 unspecified atom stereocenters. The van der Waals surface area contributed by atoms with Crippen LogP contribution in [0.5, 0.6) is 5.75 Å². The Morgan fingerprint density at radius 1 is 1.00 bits per heavy atom. The van der Waals surface area contributed by atoms with E-state index < -0.39 is 5.82 Å². The minimum Gasteiger partial charge on any atom is -0.489 e. The number of hydrogen-bond donors (Lipinski definition) is 1. The molecule has 0 aliphatic heterocycles. The Bertz CT molecular complexity index is 1000. The normalized spacial score (nSPS) is 10.6. The molecule has 3 aromatic carbocycles. The van der Waals surface area contributed by atoms with Crippen molar-refractivity contribution >= 4 is 22.6 Å². The van der Waals surface area contributed by atoms with Gasteiger partial charge in [-0.15, -0.1) is 0 Å². The summed E-state index contributed by atoms with van der Waals surface area (Å²) in [5, 5.41) is 4.76. The SMILES string of the molecule is CN(CCOc1ccccc1F)C(=O)CNC(=O)Cc1cccc2ccccc12. The molecule has 0 atom stereocenters. The van der Waals surface area contributed by atoms with Crippen LogP contribution in [0.15, 0.2) is 66.7 Å². The predicted octanol–water partition coefficient (Wildman–Crippen LogP) is 3.18. The molecule has 0 bridgehead atoms. The molecule has 0 spiro atoms. The highest BCUT2D eigenvalue weighted by atomic mass is 19.1. The molecule has 0 aliphatic carbocycles. The van der Waals surface area contributed by atoms with Crippen molar-refractivity contribution in [3.05, 3.63) is 78.1 Å². The van der Waals surface area contributed by atoms with Gasteiger partial charge in [0.1, 0.15) is 6.61 Å². The third-order valence-corrected chi connectivity index (χ3v) is 4.61. The lowest BCUT2D eigenvalue weighted by atomic mass is 10.0. The molecule has 150 valence electrons. The predicted molar refractivity (Wildman–Crippen MR) is 110 cm³/mol. The van der Waals surface area contributed by atoms with Crippen LogP contribution >= 0.6 is 0 Å². The van der Waals surface area contributed by atoms with Gasteiger partial charge in [0.05, 0.1) is 19.5 Å². The number of fused-ring (bicyclic) bond motifs is 1. The summed E-state index contributed by atoms with van der Waals surface area (Å²) in [4.78, 5) is 25.9. The summed E-state index contributed by atoms with van der Waals surface area (Å²) in [5.41, 5.74) is 0.916. The number of amides is 2. The van der Waals surface area contributed by atoms with Crippen LogP contribution in [0.4, 0.5) is 4.39 Å². The second-order valence-electron chi connectivity index (χ2n) is 6.69. The second kappa shape index (κ2) is 9.68. The summed E-state index contributed by atoms with van der Waals surface area (Å²) in [5.74, 6) is -0.752. The Kier molecular flexibility index (Phi) is 6.79. The minimum absolute atomic E-state index is 0.0974. The number of ether oxygens (including phenoxy) is 1. The Morgan fingerprint density at radius 3 is 2.55 bits per heavy atom. The summed E-state index contributed by atoms with van der Waals surface area (Å²) in [7, 11) is 1.61. The van der Waals surface area contributed by atoms with E-state index >= 15 is 0 Å². The van der Waals surface area contributed by atoms with E-state index in [9.17, 15) is 14.0 Å². The summed E-state index contributed by atoms with van der Waals surface area (Å²) in [6.07, 6.45) is 0.203. The summed E-state index contributed by atoms with van der Waals surface area (Å²) in [6, 6.07) is 19.8. The Balaban J connectivity index is 1.44. The number of carbonyl (C=O) groups is 2. The van der Waals surface area contributed by atoms with Crippen molar-refractivity contribution in [1.82, 2.24) is 10.2 Å². The molecule has 3 rings (SSSR count). The smallest absolute Gasteiger partial charge is 0.241 e. The maximum absolute atomic E-state index is 13.5. The maximum atomic E-state index is 13.5. The van der Waals surface area contributed by atoms with Crippen LogP contribution in [-0.4, -0.2) is 43.5 Å². The Morgan fingerprint density at radius 2 is 1.72 bits per heavy atom. The van der Waals surface area contributed by atoms with E-state index in [0.717, 1.165) is 16.3 Å². The number of carbonyl (C=O) groups excluding carboxylic acids is 2. The number of halogens is 1. The Hall–Kier alpha value is -3.41. The fourth-order valence-electron chi connectivity index (χ4n) is 2.97. The molecule has 3 aromatic rings. The van der Waals surface area contributed by atoms with E-state index in [1.165, 1.54) is 17.0 Å². The van der Waals surface area contributed by atoms with Crippen molar-refractivity contribution in [2.24, 2.45) is 0 Å². The molecule has 0 fully saturated rings. The molecule has 0 heterocycles. The van der Waals surface area contributed by atoms with Gasteiger partial charge in [0.25, 0.3) is 0 Å². The first-order valence-corrected chi connectivity index (χ1v) is 9.39. The zero-order valence-electron chi connectivity index (χ0n) is 16.2. The molecule has 0 saturated heterocycles. The van der Waals surface area contributed by atoms with Crippen LogP contribution in [0.25, 0.3) is 10.8 Å². The molecule has 5 nitrogen and oxygen atoms in total. The topological polar surface area (TPSA) is 58.6 Å². The van der Waals surface area contributed by atoms with Crippen molar-refractivity contribution in [3.63, 3.8) is 0 Å². The van der Waals surface area contributed by atoms with E-state index in [2.05, 4.69) is 5.32 Å². The zero-order chi connectivity index (χ0) is 20.6. The molecule has 0 aromatic heterocycles. The average molecular weight is 394 g/mol. The molecule has 2 amide bonds. The van der Waals surface area contributed by atoms with Crippen molar-refractivity contribution in [3.8, 4) is 5.75 Å². The average Bonchev–Trinajstić information content (AvgIpc) is 2.73. The standard InChI is InChI=1S/C23H23FN2O3/c1-26(13-14-29-21-12-5-4-11-20(21)24)23(28)16-25-22(27)15-18-9-6-8-17-7-2-3-10-19(17)18/h2-12H,13-16H2,1H3,(H,25,27). The monoisotopic (exact) mass is 394 g/mol. The van der Waals surface area contributed by atoms with Gasteiger partial charge in [-0.05, 0) is 28.5 Å². The number of benzene rings is 3. The lowest BCUT2D eigenvalue weighted by Gasteiger charge is -2.18. The van der Waals surface area contributed by atoms with Gasteiger partial charge in [0.15, 0.2) is 11.6 Å². The molecule has 29 heavy (non-hydrogen) atoms. The highest BCUT2D eigenvalue weighted by Gasteiger charge is 2.12. The van der Waals surface area contributed by atoms with Gasteiger partial charge in [-0.3, -0.25) is 9.59 Å². The number of nitrogens with zero attached hydrogens (tertiary/aromatic N) is 1. The van der Waals surface area contributed by atoms with E-state index in [0.29, 0.717) is 0 Å². The van der Waals surface area contributed by atoms with Gasteiger partial charge in [0, 0.05) is 7.05 Å². The van der Waals surface area contributed by atoms with E-state index in [4.69, 9.17) is 4.74 Å². The largest absolute Gasteiger partial charge is 0.489 e. The number of nitrogens with one attached hydrogen (secondary N) is 1. The van der Waals surface area contributed by atoms with E-state index in [-0.39, 0.29) is 43.7 Å². The first-order chi connectivity index (χ1) is 14.0. The molecular weight excluding hydrogens is 371 g/mol. The highest BCUT2D eigenvalue weighted by molar-refractivity contribution is 5.91. The quantitative estimate of drug-likeness (QED) is 0.638. The van der Waals surface area contributed by atoms with Crippen LogP contribution in [0.3, 0.4) is 0 Å². The summed E-state index contributed by atoms with van der Waals surface area (Å²) in [6.45, 7) is 0.347. The fourth-order valence-corrected chi connectivity index (χ4v) is 2.97. The van der Waals surface area contributed by atoms with Crippen molar-refractivity contribution in [2.75, 3.05) is 26.7 Å². The minimum atomic E-state index is -0.442. The van der Waals surface area contributed by atoms with Gasteiger partial charge in [-0.1, -0.05) is 54.6 Å². The maximum Gasteiger partial charge on any atom is 0.241 e. The number of hydrogen-bond acceptors (Lipinski definition) is 3. The van der Waals surface area contributed by atoms with Crippen molar-refractivity contribution < 1.29 is 18.7 Å². The van der Waals surface area contributed by atoms with Crippen molar-refractivity contribution in [1.29, 1.82) is 0 Å². The van der Waals surface area contributed by atoms with Crippen LogP contribution in [0.2, 0.25) is 0 Å². The molecule has 6 heteroatoms. The summed E-state index contributed by atoms with van der Waals surface area (Å²) < 4.78 is 18.9. The first-order valence-electron chi connectivity index (χ1n) is 9.39. The highest BCUT2D eigenvalue weighted by Crippen LogP contribution is 2.19. The van der Waals surface area contributed by atoms with E-state index in [1.54, 1.807) is 19.2 Å². The number of rotatable bonds is 8. The second-order valence-corrected chi connectivity index (χ2v) is 6.69. The molecule has 0 radical (unpaired) electrons. The van der Waals surface area contributed by atoms with Crippen molar-refractivity contribution in [2.45, 2.75) is 6.42 Å². The first kappa shape index (κ1) is 20.3. The van der Waals surface area contributed by atoms with E-state index in [1.807, 2.05) is 42.5 Å². The zero-order valence-corrected chi connectivity index (χ0v) is 16.2. The van der Waals surface area contributed by atoms with Gasteiger partial charge >= 0.3 is 0 Å². The van der Waals surface area contributed by atoms with Crippen LogP contribution in [0.1, 0.15) is 5.56 Å². The van der Waals surface area contributed by atoms with Gasteiger partial charge in [0.2, 0.25) is 11.8 Å².